The van der Waals surface area contributed by atoms with E-state index in [-0.39, 0.29) is 18.1 Å². The fourth-order valence-electron chi connectivity index (χ4n) is 1.93. The first-order chi connectivity index (χ1) is 10.7. The summed E-state index contributed by atoms with van der Waals surface area (Å²) < 4.78 is 12.8. The maximum absolute atomic E-state index is 12.8. The van der Waals surface area contributed by atoms with Crippen molar-refractivity contribution in [2.75, 3.05) is 5.32 Å². The predicted molar refractivity (Wildman–Crippen MR) is 84.1 cm³/mol. The van der Waals surface area contributed by atoms with Crippen molar-refractivity contribution in [3.05, 3.63) is 65.6 Å². The number of pyridine rings is 1. The summed E-state index contributed by atoms with van der Waals surface area (Å²) in [6.07, 6.45) is 3.58. The number of carbonyl (C=O) groups is 1. The van der Waals surface area contributed by atoms with Crippen molar-refractivity contribution in [2.24, 2.45) is 0 Å². The van der Waals surface area contributed by atoms with Gasteiger partial charge in [-0.2, -0.15) is 0 Å². The van der Waals surface area contributed by atoms with E-state index in [4.69, 9.17) is 0 Å². The van der Waals surface area contributed by atoms with Gasteiger partial charge in [-0.25, -0.2) is 9.37 Å². The highest BCUT2D eigenvalue weighted by Crippen LogP contribution is 2.25. The van der Waals surface area contributed by atoms with E-state index >= 15 is 0 Å². The van der Waals surface area contributed by atoms with Crippen LogP contribution in [0.1, 0.15) is 5.56 Å². The van der Waals surface area contributed by atoms with Crippen LogP contribution in [-0.2, 0) is 11.2 Å². The Morgan fingerprint density at radius 3 is 2.59 bits per heavy atom. The highest BCUT2D eigenvalue weighted by atomic mass is 32.1. The molecule has 0 saturated carbocycles. The second kappa shape index (κ2) is 6.44. The lowest BCUT2D eigenvalue weighted by atomic mass is 10.1. The summed E-state index contributed by atoms with van der Waals surface area (Å²) >= 11 is 1.45. The van der Waals surface area contributed by atoms with Crippen LogP contribution in [0.5, 0.6) is 0 Å². The summed E-state index contributed by atoms with van der Waals surface area (Å²) in [7, 11) is 0. The summed E-state index contributed by atoms with van der Waals surface area (Å²) in [5, 5.41) is 5.36. The van der Waals surface area contributed by atoms with Crippen LogP contribution in [0.3, 0.4) is 0 Å². The van der Waals surface area contributed by atoms with Crippen molar-refractivity contribution in [3.63, 3.8) is 0 Å². The van der Waals surface area contributed by atoms with Crippen LogP contribution in [0.25, 0.3) is 10.6 Å². The van der Waals surface area contributed by atoms with Crippen LogP contribution in [0, 0.1) is 5.82 Å². The Labute approximate surface area is 130 Å². The van der Waals surface area contributed by atoms with Gasteiger partial charge in [0.05, 0.1) is 6.42 Å². The first kappa shape index (κ1) is 14.3. The number of aromatic nitrogens is 2. The molecule has 0 spiro atoms. The number of carbonyl (C=O) groups excluding carboxylic acids is 1. The molecule has 3 rings (SSSR count). The smallest absolute Gasteiger partial charge is 0.229 e. The molecule has 2 heterocycles. The molecule has 4 nitrogen and oxygen atoms in total. The molecule has 22 heavy (non-hydrogen) atoms. The van der Waals surface area contributed by atoms with E-state index in [1.54, 1.807) is 29.9 Å². The number of halogens is 1. The standard InChI is InChI=1S/C16H12FN3OS/c17-13-3-1-11(2-4-13)9-15(21)19-14-10-22-16(20-14)12-5-7-18-8-6-12/h1-8,10H,9H2,(H,19,21). The van der Waals surface area contributed by atoms with Gasteiger partial charge >= 0.3 is 0 Å². The normalized spacial score (nSPS) is 10.4. The van der Waals surface area contributed by atoms with Crippen molar-refractivity contribution in [3.8, 4) is 10.6 Å². The molecule has 0 aliphatic rings. The number of benzene rings is 1. The Morgan fingerprint density at radius 2 is 1.86 bits per heavy atom. The van der Waals surface area contributed by atoms with E-state index in [0.29, 0.717) is 5.82 Å². The van der Waals surface area contributed by atoms with Crippen molar-refractivity contribution in [1.29, 1.82) is 0 Å². The minimum absolute atomic E-state index is 0.182. The number of nitrogens with one attached hydrogen (secondary N) is 1. The topological polar surface area (TPSA) is 54.9 Å². The van der Waals surface area contributed by atoms with Gasteiger partial charge in [-0.05, 0) is 29.8 Å². The molecule has 2 aromatic heterocycles. The minimum atomic E-state index is -0.314. The molecule has 0 saturated heterocycles. The van der Waals surface area contributed by atoms with Gasteiger partial charge in [-0.15, -0.1) is 11.3 Å². The molecule has 0 radical (unpaired) electrons. The monoisotopic (exact) mass is 313 g/mol. The number of hydrogen-bond acceptors (Lipinski definition) is 4. The number of rotatable bonds is 4. The summed E-state index contributed by atoms with van der Waals surface area (Å²) in [6, 6.07) is 9.60. The van der Waals surface area contributed by atoms with Gasteiger partial charge in [-0.3, -0.25) is 9.78 Å². The molecular weight excluding hydrogens is 301 g/mol. The predicted octanol–water partition coefficient (Wildman–Crippen LogP) is 3.53. The Hall–Kier alpha value is -2.60. The summed E-state index contributed by atoms with van der Waals surface area (Å²) in [5.41, 5.74) is 1.71. The molecule has 0 aliphatic carbocycles. The van der Waals surface area contributed by atoms with Crippen molar-refractivity contribution < 1.29 is 9.18 Å². The van der Waals surface area contributed by atoms with Gasteiger partial charge in [-0.1, -0.05) is 12.1 Å². The average Bonchev–Trinajstić information content (AvgIpc) is 2.99. The number of nitrogens with zero attached hydrogens (tertiary/aromatic N) is 2. The third kappa shape index (κ3) is 3.53. The largest absolute Gasteiger partial charge is 0.310 e. The van der Waals surface area contributed by atoms with E-state index in [2.05, 4.69) is 15.3 Å². The lowest BCUT2D eigenvalue weighted by Crippen LogP contribution is -2.14. The lowest BCUT2D eigenvalue weighted by Gasteiger charge is -2.02. The van der Waals surface area contributed by atoms with Gasteiger partial charge in [0.15, 0.2) is 0 Å². The molecule has 0 fully saturated rings. The molecule has 0 atom stereocenters. The molecule has 0 aliphatic heterocycles. The number of amides is 1. The molecular formula is C16H12FN3OS. The number of hydrogen-bond donors (Lipinski definition) is 1. The molecule has 110 valence electrons. The summed E-state index contributed by atoms with van der Waals surface area (Å²) in [4.78, 5) is 20.3. The van der Waals surface area contributed by atoms with Gasteiger partial charge in [0.2, 0.25) is 5.91 Å². The molecule has 1 N–H and O–H groups in total. The van der Waals surface area contributed by atoms with Crippen LogP contribution in [-0.4, -0.2) is 15.9 Å². The quantitative estimate of drug-likeness (QED) is 0.801. The Kier molecular flexibility index (Phi) is 4.20. The Bertz CT molecular complexity index is 772. The van der Waals surface area contributed by atoms with E-state index in [1.807, 2.05) is 12.1 Å². The fraction of sp³-hybridized carbons (Fsp3) is 0.0625. The lowest BCUT2D eigenvalue weighted by molar-refractivity contribution is -0.115. The van der Waals surface area contributed by atoms with Crippen LogP contribution >= 0.6 is 11.3 Å². The maximum atomic E-state index is 12.8. The van der Waals surface area contributed by atoms with E-state index in [9.17, 15) is 9.18 Å². The zero-order valence-electron chi connectivity index (χ0n) is 11.5. The second-order valence-corrected chi connectivity index (χ2v) is 5.48. The van der Waals surface area contributed by atoms with Gasteiger partial charge in [0.25, 0.3) is 0 Å². The first-order valence-corrected chi connectivity index (χ1v) is 7.49. The molecule has 3 aromatic rings. The second-order valence-electron chi connectivity index (χ2n) is 4.63. The van der Waals surface area contributed by atoms with Crippen LogP contribution in [0.4, 0.5) is 10.2 Å². The molecule has 1 aromatic carbocycles. The summed E-state index contributed by atoms with van der Waals surface area (Å²) in [5.74, 6) is 0.0211. The molecule has 0 unspecified atom stereocenters. The average molecular weight is 313 g/mol. The number of thiazole rings is 1. The highest BCUT2D eigenvalue weighted by molar-refractivity contribution is 7.13. The Balaban J connectivity index is 1.65. The zero-order valence-corrected chi connectivity index (χ0v) is 12.3. The third-order valence-electron chi connectivity index (χ3n) is 2.98. The van der Waals surface area contributed by atoms with Crippen molar-refractivity contribution >= 4 is 23.1 Å². The van der Waals surface area contributed by atoms with Gasteiger partial charge in [0, 0.05) is 23.3 Å². The SMILES string of the molecule is O=C(Cc1ccc(F)cc1)Nc1csc(-c2ccncc2)n1. The third-order valence-corrected chi connectivity index (χ3v) is 3.87. The zero-order chi connectivity index (χ0) is 15.4. The highest BCUT2D eigenvalue weighted by Gasteiger charge is 2.08. The number of anilines is 1. The van der Waals surface area contributed by atoms with Gasteiger partial charge < -0.3 is 5.32 Å². The molecule has 6 heteroatoms. The van der Waals surface area contributed by atoms with Crippen molar-refractivity contribution in [2.45, 2.75) is 6.42 Å². The summed E-state index contributed by atoms with van der Waals surface area (Å²) in [6.45, 7) is 0. The maximum Gasteiger partial charge on any atom is 0.229 e. The minimum Gasteiger partial charge on any atom is -0.310 e. The van der Waals surface area contributed by atoms with Crippen LogP contribution in [0.15, 0.2) is 54.2 Å². The first-order valence-electron chi connectivity index (χ1n) is 6.61. The van der Waals surface area contributed by atoms with E-state index in [0.717, 1.165) is 16.1 Å². The van der Waals surface area contributed by atoms with E-state index < -0.39 is 0 Å². The fourth-order valence-corrected chi connectivity index (χ4v) is 2.69. The molecule has 1 amide bonds. The Morgan fingerprint density at radius 1 is 1.14 bits per heavy atom. The van der Waals surface area contributed by atoms with Crippen LogP contribution in [0.2, 0.25) is 0 Å². The molecule has 0 bridgehead atoms. The van der Waals surface area contributed by atoms with Crippen LogP contribution < -0.4 is 5.32 Å². The van der Waals surface area contributed by atoms with Gasteiger partial charge in [0.1, 0.15) is 16.6 Å². The van der Waals surface area contributed by atoms with Crippen molar-refractivity contribution in [1.82, 2.24) is 9.97 Å². The van der Waals surface area contributed by atoms with E-state index in [1.165, 1.54) is 23.5 Å².